The summed E-state index contributed by atoms with van der Waals surface area (Å²) >= 11 is 0. The summed E-state index contributed by atoms with van der Waals surface area (Å²) in [4.78, 5) is 11.7. The smallest absolute Gasteiger partial charge is 0.162 e. The Bertz CT molecular complexity index is 1440. The van der Waals surface area contributed by atoms with Gasteiger partial charge in [0.15, 0.2) is 18.7 Å². The van der Waals surface area contributed by atoms with Gasteiger partial charge in [-0.15, -0.1) is 0 Å². The molecular formula is C26H23N6+. The lowest BCUT2D eigenvalue weighted by Crippen LogP contribution is -2.41. The molecule has 156 valence electrons. The zero-order chi connectivity index (χ0) is 21.5. The zero-order valence-electron chi connectivity index (χ0n) is 17.7. The molecule has 32 heavy (non-hydrogen) atoms. The van der Waals surface area contributed by atoms with Gasteiger partial charge in [-0.3, -0.25) is 4.98 Å². The lowest BCUT2D eigenvalue weighted by molar-refractivity contribution is -0.521. The first kappa shape index (κ1) is 18.7. The van der Waals surface area contributed by atoms with Crippen molar-refractivity contribution in [3.05, 3.63) is 79.4 Å². The van der Waals surface area contributed by atoms with Crippen LogP contribution >= 0.6 is 0 Å². The van der Waals surface area contributed by atoms with Crippen molar-refractivity contribution in [3.8, 4) is 22.3 Å². The third-order valence-corrected chi connectivity index (χ3v) is 6.23. The van der Waals surface area contributed by atoms with E-state index < -0.39 is 0 Å². The summed E-state index contributed by atoms with van der Waals surface area (Å²) in [5.74, 6) is 0. The van der Waals surface area contributed by atoms with Gasteiger partial charge in [0.1, 0.15) is 6.72 Å². The Morgan fingerprint density at radius 3 is 2.47 bits per heavy atom. The first-order valence-corrected chi connectivity index (χ1v) is 10.8. The fourth-order valence-corrected chi connectivity index (χ4v) is 4.42. The maximum absolute atomic E-state index is 4.78. The molecular weight excluding hydrogens is 396 g/mol. The standard InChI is InChI=1S/C26H23N6/c1-30-12-14-31(15-13-30)21-8-6-19(7-9-21)20-16-28-26-24(17-29-32(26)18-20)22-10-11-27-25-5-3-2-4-23(22)25/h2-11,16-18H,1,12-15H2/q+1. The summed E-state index contributed by atoms with van der Waals surface area (Å²) in [5.41, 5.74) is 7.34. The Kier molecular flexibility index (Phi) is 4.42. The molecule has 2 aromatic carbocycles. The Balaban J connectivity index is 1.33. The predicted octanol–water partition coefficient (Wildman–Crippen LogP) is 4.14. The fourth-order valence-electron chi connectivity index (χ4n) is 4.42. The van der Waals surface area contributed by atoms with Crippen molar-refractivity contribution < 1.29 is 4.58 Å². The molecule has 0 unspecified atom stereocenters. The van der Waals surface area contributed by atoms with Gasteiger partial charge >= 0.3 is 0 Å². The largest absolute Gasteiger partial charge is 0.359 e. The van der Waals surface area contributed by atoms with Gasteiger partial charge < -0.3 is 4.90 Å². The van der Waals surface area contributed by atoms with E-state index in [-0.39, 0.29) is 0 Å². The zero-order valence-corrected chi connectivity index (χ0v) is 17.7. The summed E-state index contributed by atoms with van der Waals surface area (Å²) in [6, 6.07) is 18.9. The van der Waals surface area contributed by atoms with E-state index in [1.54, 1.807) is 0 Å². The number of nitrogens with zero attached hydrogens (tertiary/aromatic N) is 6. The van der Waals surface area contributed by atoms with Crippen LogP contribution in [0.25, 0.3) is 38.8 Å². The SMILES string of the molecule is C=[N+]1CCN(c2ccc(-c3cnc4c(-c5ccnc6ccccc56)cnn4c3)cc2)CC1. The molecule has 6 heteroatoms. The van der Waals surface area contributed by atoms with Crippen molar-refractivity contribution in [3.63, 3.8) is 0 Å². The second-order valence-corrected chi connectivity index (χ2v) is 8.20. The number of hydrogen-bond acceptors (Lipinski definition) is 4. The van der Waals surface area contributed by atoms with Crippen LogP contribution in [0.1, 0.15) is 0 Å². The molecule has 1 aliphatic rings. The van der Waals surface area contributed by atoms with Crippen molar-refractivity contribution in [2.45, 2.75) is 0 Å². The fraction of sp³-hybridized carbons (Fsp3) is 0.154. The lowest BCUT2D eigenvalue weighted by Gasteiger charge is -2.27. The Hall–Kier alpha value is -4.06. The van der Waals surface area contributed by atoms with Gasteiger partial charge in [-0.1, -0.05) is 30.3 Å². The Morgan fingerprint density at radius 1 is 0.812 bits per heavy atom. The van der Waals surface area contributed by atoms with E-state index in [4.69, 9.17) is 4.98 Å². The van der Waals surface area contributed by atoms with Gasteiger partial charge in [-0.25, -0.2) is 14.1 Å². The van der Waals surface area contributed by atoms with E-state index >= 15 is 0 Å². The first-order valence-electron chi connectivity index (χ1n) is 10.8. The summed E-state index contributed by atoms with van der Waals surface area (Å²) in [5, 5.41) is 5.70. The van der Waals surface area contributed by atoms with Crippen LogP contribution in [0, 0.1) is 0 Å². The summed E-state index contributed by atoms with van der Waals surface area (Å²) in [6.07, 6.45) is 7.71. The maximum atomic E-state index is 4.78. The van der Waals surface area contributed by atoms with Crippen molar-refractivity contribution in [2.75, 3.05) is 31.1 Å². The molecule has 1 fully saturated rings. The van der Waals surface area contributed by atoms with Gasteiger partial charge in [-0.2, -0.15) is 5.10 Å². The summed E-state index contributed by atoms with van der Waals surface area (Å²) in [6.45, 7) is 8.04. The van der Waals surface area contributed by atoms with E-state index in [0.717, 1.165) is 65.0 Å². The van der Waals surface area contributed by atoms with Crippen molar-refractivity contribution >= 4 is 29.0 Å². The molecule has 0 bridgehead atoms. The van der Waals surface area contributed by atoms with Gasteiger partial charge in [-0.05, 0) is 35.4 Å². The topological polar surface area (TPSA) is 49.3 Å². The van der Waals surface area contributed by atoms with Crippen molar-refractivity contribution in [1.29, 1.82) is 0 Å². The average Bonchev–Trinajstić information content (AvgIpc) is 3.27. The first-order chi connectivity index (χ1) is 15.8. The predicted molar refractivity (Wildman–Crippen MR) is 128 cm³/mol. The molecule has 0 saturated carbocycles. The van der Waals surface area contributed by atoms with Crippen molar-refractivity contribution in [1.82, 2.24) is 19.6 Å². The van der Waals surface area contributed by atoms with E-state index in [1.807, 2.05) is 53.6 Å². The van der Waals surface area contributed by atoms with Crippen LogP contribution in [0.3, 0.4) is 0 Å². The molecule has 6 rings (SSSR count). The molecule has 0 aliphatic carbocycles. The van der Waals surface area contributed by atoms with Crippen LogP contribution in [0.2, 0.25) is 0 Å². The van der Waals surface area contributed by atoms with Crippen LogP contribution in [-0.2, 0) is 0 Å². The van der Waals surface area contributed by atoms with E-state index in [1.165, 1.54) is 5.69 Å². The lowest BCUT2D eigenvalue weighted by atomic mass is 10.0. The van der Waals surface area contributed by atoms with Gasteiger partial charge in [0.2, 0.25) is 0 Å². The van der Waals surface area contributed by atoms with E-state index in [0.29, 0.717) is 0 Å². The number of hydrogen-bond donors (Lipinski definition) is 0. The molecule has 1 aliphatic heterocycles. The molecule has 0 spiro atoms. The number of piperazine rings is 1. The Labute approximate surface area is 186 Å². The minimum atomic E-state index is 0.841. The molecule has 6 nitrogen and oxygen atoms in total. The number of para-hydroxylation sites is 1. The number of benzene rings is 2. The second-order valence-electron chi connectivity index (χ2n) is 8.20. The normalized spacial score (nSPS) is 14.4. The van der Waals surface area contributed by atoms with Crippen molar-refractivity contribution in [2.24, 2.45) is 0 Å². The van der Waals surface area contributed by atoms with Gasteiger partial charge in [0.25, 0.3) is 0 Å². The molecule has 0 radical (unpaired) electrons. The molecule has 0 atom stereocenters. The average molecular weight is 420 g/mol. The highest BCUT2D eigenvalue weighted by molar-refractivity contribution is 5.97. The molecule has 4 heterocycles. The third-order valence-electron chi connectivity index (χ3n) is 6.23. The third kappa shape index (κ3) is 3.21. The van der Waals surface area contributed by atoms with E-state index in [2.05, 4.69) is 56.6 Å². The monoisotopic (exact) mass is 419 g/mol. The Morgan fingerprint density at radius 2 is 1.62 bits per heavy atom. The molecule has 1 saturated heterocycles. The van der Waals surface area contributed by atoms with Crippen LogP contribution < -0.4 is 4.90 Å². The number of anilines is 1. The van der Waals surface area contributed by atoms with Gasteiger partial charge in [0.05, 0.1) is 24.8 Å². The van der Waals surface area contributed by atoms with Crippen LogP contribution in [0.4, 0.5) is 5.69 Å². The maximum Gasteiger partial charge on any atom is 0.162 e. The van der Waals surface area contributed by atoms with Crippen LogP contribution in [0.15, 0.2) is 79.4 Å². The second kappa shape index (κ2) is 7.57. The summed E-state index contributed by atoms with van der Waals surface area (Å²) < 4.78 is 3.99. The molecule has 0 amide bonds. The highest BCUT2D eigenvalue weighted by Gasteiger charge is 2.17. The highest BCUT2D eigenvalue weighted by atomic mass is 15.2. The molecule has 5 aromatic rings. The number of fused-ring (bicyclic) bond motifs is 2. The van der Waals surface area contributed by atoms with Crippen LogP contribution in [-0.4, -0.2) is 57.1 Å². The minimum Gasteiger partial charge on any atom is -0.359 e. The number of rotatable bonds is 3. The molecule has 3 aromatic heterocycles. The van der Waals surface area contributed by atoms with Crippen LogP contribution in [0.5, 0.6) is 0 Å². The minimum absolute atomic E-state index is 0.841. The highest BCUT2D eigenvalue weighted by Crippen LogP contribution is 2.31. The quantitative estimate of drug-likeness (QED) is 0.413. The van der Waals surface area contributed by atoms with E-state index in [9.17, 15) is 0 Å². The van der Waals surface area contributed by atoms with Gasteiger partial charge in [0, 0.05) is 40.8 Å². The number of pyridine rings is 1. The molecule has 0 N–H and O–H groups in total. The number of aromatic nitrogens is 4. The summed E-state index contributed by atoms with van der Waals surface area (Å²) in [7, 11) is 0.